The number of ether oxygens (including phenoxy) is 1. The lowest BCUT2D eigenvalue weighted by molar-refractivity contribution is 0.124. The molecule has 82 valence electrons. The summed E-state index contributed by atoms with van der Waals surface area (Å²) in [6.07, 6.45) is -0.590. The van der Waals surface area contributed by atoms with E-state index in [4.69, 9.17) is 4.74 Å². The predicted molar refractivity (Wildman–Crippen MR) is 58.1 cm³/mol. The summed E-state index contributed by atoms with van der Waals surface area (Å²) in [6.45, 7) is 3.57. The minimum absolute atomic E-state index is 0.122. The Balaban J connectivity index is 2.76. The molecular formula is C11H15NO3. The van der Waals surface area contributed by atoms with E-state index in [9.17, 15) is 9.90 Å². The number of rotatable bonds is 2. The molecular weight excluding hydrogens is 194 g/mol. The molecule has 0 spiro atoms. The molecule has 0 aliphatic heterocycles. The van der Waals surface area contributed by atoms with Gasteiger partial charge in [0.1, 0.15) is 5.75 Å². The second-order valence-electron chi connectivity index (χ2n) is 3.51. The number of carbonyl (C=O) groups is 1. The van der Waals surface area contributed by atoms with Gasteiger partial charge in [-0.15, -0.1) is 0 Å². The van der Waals surface area contributed by atoms with Gasteiger partial charge in [-0.3, -0.25) is 4.90 Å². The third-order valence-electron chi connectivity index (χ3n) is 1.83. The number of carbonyl (C=O) groups excluding carboxylic acids is 1. The summed E-state index contributed by atoms with van der Waals surface area (Å²) in [4.78, 5) is 12.8. The highest BCUT2D eigenvalue weighted by Gasteiger charge is 2.13. The number of aromatic hydroxyl groups is 1. The van der Waals surface area contributed by atoms with Crippen molar-refractivity contribution in [1.82, 2.24) is 0 Å². The molecule has 0 radical (unpaired) electrons. The molecule has 0 heterocycles. The van der Waals surface area contributed by atoms with Gasteiger partial charge in [-0.25, -0.2) is 4.79 Å². The third kappa shape index (κ3) is 3.16. The van der Waals surface area contributed by atoms with Crippen LogP contribution in [0.2, 0.25) is 0 Å². The van der Waals surface area contributed by atoms with Crippen molar-refractivity contribution in [2.75, 3.05) is 11.9 Å². The summed E-state index contributed by atoms with van der Waals surface area (Å²) in [5.41, 5.74) is 0.598. The standard InChI is InChI=1S/C11H15NO3/c1-8(2)15-11(14)12(3)9-5-4-6-10(13)7-9/h4-8,13H,1-3H3. The SMILES string of the molecule is CC(C)OC(=O)N(C)c1cccc(O)c1. The summed E-state index contributed by atoms with van der Waals surface area (Å²) in [5.74, 6) is 0.122. The maximum absolute atomic E-state index is 11.5. The number of hydrogen-bond acceptors (Lipinski definition) is 3. The Labute approximate surface area is 89.1 Å². The first-order valence-electron chi connectivity index (χ1n) is 4.74. The molecule has 4 heteroatoms. The predicted octanol–water partition coefficient (Wildman–Crippen LogP) is 2.37. The van der Waals surface area contributed by atoms with Gasteiger partial charge < -0.3 is 9.84 Å². The summed E-state index contributed by atoms with van der Waals surface area (Å²) in [5, 5.41) is 9.25. The number of nitrogens with zero attached hydrogens (tertiary/aromatic N) is 1. The van der Waals surface area contributed by atoms with Gasteiger partial charge in [0, 0.05) is 13.1 Å². The van der Waals surface area contributed by atoms with Crippen LogP contribution in [0.15, 0.2) is 24.3 Å². The van der Waals surface area contributed by atoms with Crippen LogP contribution in [0.3, 0.4) is 0 Å². The lowest BCUT2D eigenvalue weighted by Gasteiger charge is -2.18. The van der Waals surface area contributed by atoms with Gasteiger partial charge in [0.25, 0.3) is 0 Å². The van der Waals surface area contributed by atoms with Crippen LogP contribution in [0, 0.1) is 0 Å². The van der Waals surface area contributed by atoms with Crippen molar-refractivity contribution < 1.29 is 14.6 Å². The van der Waals surface area contributed by atoms with Gasteiger partial charge in [-0.2, -0.15) is 0 Å². The molecule has 0 saturated carbocycles. The van der Waals surface area contributed by atoms with Crippen LogP contribution < -0.4 is 4.90 Å². The number of benzene rings is 1. The molecule has 1 aromatic rings. The summed E-state index contributed by atoms with van der Waals surface area (Å²) in [6, 6.07) is 6.44. The van der Waals surface area contributed by atoms with Crippen LogP contribution in [-0.2, 0) is 4.74 Å². The number of phenolic OH excluding ortho intramolecular Hbond substituents is 1. The normalized spacial score (nSPS) is 10.1. The Hall–Kier alpha value is -1.71. The van der Waals surface area contributed by atoms with Crippen LogP contribution in [0.1, 0.15) is 13.8 Å². The second-order valence-corrected chi connectivity index (χ2v) is 3.51. The molecule has 0 saturated heterocycles. The molecule has 4 nitrogen and oxygen atoms in total. The lowest BCUT2D eigenvalue weighted by atomic mass is 10.3. The van der Waals surface area contributed by atoms with Crippen molar-refractivity contribution in [3.8, 4) is 5.75 Å². The Bertz CT molecular complexity index is 349. The molecule has 0 fully saturated rings. The van der Waals surface area contributed by atoms with Crippen molar-refractivity contribution >= 4 is 11.8 Å². The van der Waals surface area contributed by atoms with Gasteiger partial charge >= 0.3 is 6.09 Å². The van der Waals surface area contributed by atoms with Gasteiger partial charge in [-0.05, 0) is 26.0 Å². The van der Waals surface area contributed by atoms with Crippen LogP contribution in [0.4, 0.5) is 10.5 Å². The van der Waals surface area contributed by atoms with E-state index >= 15 is 0 Å². The van der Waals surface area contributed by atoms with Crippen molar-refractivity contribution in [3.05, 3.63) is 24.3 Å². The molecule has 1 amide bonds. The van der Waals surface area contributed by atoms with Crippen molar-refractivity contribution in [3.63, 3.8) is 0 Å². The monoisotopic (exact) mass is 209 g/mol. The van der Waals surface area contributed by atoms with Gasteiger partial charge in [0.15, 0.2) is 0 Å². The van der Waals surface area contributed by atoms with E-state index in [1.807, 2.05) is 0 Å². The molecule has 0 aliphatic carbocycles. The minimum Gasteiger partial charge on any atom is -0.508 e. The van der Waals surface area contributed by atoms with Gasteiger partial charge in [-0.1, -0.05) is 6.07 Å². The maximum atomic E-state index is 11.5. The number of amides is 1. The van der Waals surface area contributed by atoms with E-state index in [1.54, 1.807) is 39.1 Å². The quantitative estimate of drug-likeness (QED) is 0.813. The van der Waals surface area contributed by atoms with Crippen molar-refractivity contribution in [2.45, 2.75) is 20.0 Å². The second kappa shape index (κ2) is 4.68. The average molecular weight is 209 g/mol. The topological polar surface area (TPSA) is 49.8 Å². The highest BCUT2D eigenvalue weighted by atomic mass is 16.6. The van der Waals surface area contributed by atoms with E-state index < -0.39 is 6.09 Å². The van der Waals surface area contributed by atoms with Crippen LogP contribution >= 0.6 is 0 Å². The van der Waals surface area contributed by atoms with E-state index in [0.717, 1.165) is 0 Å². The van der Waals surface area contributed by atoms with Crippen LogP contribution in [0.25, 0.3) is 0 Å². The van der Waals surface area contributed by atoms with E-state index in [1.165, 1.54) is 11.0 Å². The fraction of sp³-hybridized carbons (Fsp3) is 0.364. The highest BCUT2D eigenvalue weighted by Crippen LogP contribution is 2.19. The van der Waals surface area contributed by atoms with Crippen molar-refractivity contribution in [1.29, 1.82) is 0 Å². The molecule has 1 aromatic carbocycles. The molecule has 1 N–H and O–H groups in total. The molecule has 0 aliphatic rings. The summed E-state index contributed by atoms with van der Waals surface area (Å²) in [7, 11) is 1.60. The molecule has 0 atom stereocenters. The zero-order valence-electron chi connectivity index (χ0n) is 9.10. The fourth-order valence-electron chi connectivity index (χ4n) is 1.09. The first-order chi connectivity index (χ1) is 7.00. The fourth-order valence-corrected chi connectivity index (χ4v) is 1.09. The van der Waals surface area contributed by atoms with Crippen LogP contribution in [-0.4, -0.2) is 24.4 Å². The summed E-state index contributed by atoms with van der Waals surface area (Å²) >= 11 is 0. The van der Waals surface area contributed by atoms with E-state index in [2.05, 4.69) is 0 Å². The van der Waals surface area contributed by atoms with E-state index in [-0.39, 0.29) is 11.9 Å². The van der Waals surface area contributed by atoms with E-state index in [0.29, 0.717) is 5.69 Å². The molecule has 0 aromatic heterocycles. The Morgan fingerprint density at radius 1 is 1.47 bits per heavy atom. The van der Waals surface area contributed by atoms with Crippen LogP contribution in [0.5, 0.6) is 5.75 Å². The summed E-state index contributed by atoms with van der Waals surface area (Å²) < 4.78 is 5.01. The Kier molecular flexibility index (Phi) is 3.55. The number of hydrogen-bond donors (Lipinski definition) is 1. The smallest absolute Gasteiger partial charge is 0.414 e. The average Bonchev–Trinajstić information content (AvgIpc) is 2.15. The third-order valence-corrected chi connectivity index (χ3v) is 1.83. The first-order valence-corrected chi connectivity index (χ1v) is 4.74. The molecule has 1 rings (SSSR count). The maximum Gasteiger partial charge on any atom is 0.414 e. The Morgan fingerprint density at radius 3 is 2.67 bits per heavy atom. The molecule has 0 bridgehead atoms. The minimum atomic E-state index is -0.435. The number of anilines is 1. The Morgan fingerprint density at radius 2 is 2.13 bits per heavy atom. The first kappa shape index (κ1) is 11.4. The zero-order chi connectivity index (χ0) is 11.4. The van der Waals surface area contributed by atoms with Gasteiger partial charge in [0.05, 0.1) is 11.8 Å². The highest BCUT2D eigenvalue weighted by molar-refractivity contribution is 5.87. The number of phenols is 1. The van der Waals surface area contributed by atoms with Gasteiger partial charge in [0.2, 0.25) is 0 Å². The van der Waals surface area contributed by atoms with Crippen molar-refractivity contribution in [2.24, 2.45) is 0 Å². The zero-order valence-corrected chi connectivity index (χ0v) is 9.10. The lowest BCUT2D eigenvalue weighted by Crippen LogP contribution is -2.29. The largest absolute Gasteiger partial charge is 0.508 e. The molecule has 0 unspecified atom stereocenters. The molecule has 15 heavy (non-hydrogen) atoms.